The molecular formula is C20H13N3O4. The maximum Gasteiger partial charge on any atom is 0.271 e. The van der Waals surface area contributed by atoms with Gasteiger partial charge < -0.3 is 20.3 Å². The van der Waals surface area contributed by atoms with Gasteiger partial charge in [-0.15, -0.1) is 0 Å². The van der Waals surface area contributed by atoms with Crippen molar-refractivity contribution in [2.45, 2.75) is 6.42 Å². The second-order valence-corrected chi connectivity index (χ2v) is 6.13. The van der Waals surface area contributed by atoms with Crippen molar-refractivity contribution in [1.29, 1.82) is 5.26 Å². The van der Waals surface area contributed by atoms with Gasteiger partial charge in [-0.2, -0.15) is 5.26 Å². The maximum atomic E-state index is 11.8. The molecule has 0 radical (unpaired) electrons. The zero-order valence-electron chi connectivity index (χ0n) is 13.9. The molecule has 2 aromatic carbocycles. The van der Waals surface area contributed by atoms with E-state index >= 15 is 0 Å². The number of nitrogens with zero attached hydrogens (tertiary/aromatic N) is 2. The number of hydrogen-bond donors (Lipinski definition) is 4. The summed E-state index contributed by atoms with van der Waals surface area (Å²) in [5.41, 5.74) is 2.20. The third-order valence-electron chi connectivity index (χ3n) is 4.48. The van der Waals surface area contributed by atoms with Crippen LogP contribution in [-0.4, -0.2) is 26.0 Å². The van der Waals surface area contributed by atoms with E-state index in [4.69, 9.17) is 5.26 Å². The quantitative estimate of drug-likeness (QED) is 0.559. The number of nitriles is 1. The number of rotatable bonds is 2. The fraction of sp³-hybridized carbons (Fsp3) is 0.0500. The number of phenols is 2. The Balaban J connectivity index is 1.68. The number of pyridine rings is 1. The minimum atomic E-state index is -0.670. The number of hydrogen-bond acceptors (Lipinski definition) is 6. The Morgan fingerprint density at radius 3 is 2.41 bits per heavy atom. The molecule has 0 fully saturated rings. The summed E-state index contributed by atoms with van der Waals surface area (Å²) >= 11 is 0. The Bertz CT molecular complexity index is 1200. The molecule has 0 spiro atoms. The summed E-state index contributed by atoms with van der Waals surface area (Å²) in [6.07, 6.45) is 0.288. The number of phenolic OH excluding ortho intramolecular Hbond substituents is 2. The number of nitrogens with one attached hydrogen (secondary N) is 1. The number of aromatic hydroxyl groups is 3. The lowest BCUT2D eigenvalue weighted by Gasteiger charge is -2.07. The van der Waals surface area contributed by atoms with E-state index in [0.717, 1.165) is 11.1 Å². The number of aromatic amines is 1. The van der Waals surface area contributed by atoms with Gasteiger partial charge in [0, 0.05) is 23.6 Å². The van der Waals surface area contributed by atoms with Gasteiger partial charge in [0.2, 0.25) is 0 Å². The fourth-order valence-corrected chi connectivity index (χ4v) is 3.10. The summed E-state index contributed by atoms with van der Waals surface area (Å²) in [5, 5.41) is 38.5. The minimum absolute atomic E-state index is 0.0171. The van der Waals surface area contributed by atoms with Crippen LogP contribution in [0.3, 0.4) is 0 Å². The van der Waals surface area contributed by atoms with E-state index in [-0.39, 0.29) is 35.1 Å². The first-order chi connectivity index (χ1) is 13.0. The topological polar surface area (TPSA) is 130 Å². The highest BCUT2D eigenvalue weighted by Gasteiger charge is 2.24. The fourth-order valence-electron chi connectivity index (χ4n) is 3.10. The van der Waals surface area contributed by atoms with Crippen molar-refractivity contribution in [3.63, 3.8) is 0 Å². The molecule has 1 aromatic heterocycles. The number of H-pyrrole nitrogens is 1. The van der Waals surface area contributed by atoms with Crippen molar-refractivity contribution < 1.29 is 15.3 Å². The highest BCUT2D eigenvalue weighted by molar-refractivity contribution is 6.06. The molecule has 0 saturated carbocycles. The number of fused-ring (bicyclic) bond motifs is 1. The van der Waals surface area contributed by atoms with E-state index in [1.165, 1.54) is 12.1 Å². The molecule has 0 bridgehead atoms. The first-order valence-electron chi connectivity index (χ1n) is 8.06. The van der Waals surface area contributed by atoms with Crippen LogP contribution in [0.15, 0.2) is 52.3 Å². The molecule has 27 heavy (non-hydrogen) atoms. The van der Waals surface area contributed by atoms with E-state index in [0.29, 0.717) is 16.8 Å². The van der Waals surface area contributed by atoms with Crippen molar-refractivity contribution in [3.05, 3.63) is 69.5 Å². The Labute approximate surface area is 153 Å². The first-order valence-corrected chi connectivity index (χ1v) is 8.06. The average Bonchev–Trinajstić information content (AvgIpc) is 3.06. The van der Waals surface area contributed by atoms with Gasteiger partial charge in [0.05, 0.1) is 5.71 Å². The third-order valence-corrected chi connectivity index (χ3v) is 4.48. The van der Waals surface area contributed by atoms with Gasteiger partial charge in [-0.1, -0.05) is 24.3 Å². The lowest BCUT2D eigenvalue weighted by molar-refractivity contribution is 0.452. The zero-order valence-corrected chi connectivity index (χ0v) is 13.9. The van der Waals surface area contributed by atoms with Crippen LogP contribution in [0, 0.1) is 11.3 Å². The molecule has 1 aliphatic rings. The largest absolute Gasteiger partial charge is 0.508 e. The average molecular weight is 359 g/mol. The van der Waals surface area contributed by atoms with Crippen LogP contribution in [0.5, 0.6) is 17.2 Å². The predicted molar refractivity (Wildman–Crippen MR) is 98.6 cm³/mol. The second kappa shape index (κ2) is 6.04. The van der Waals surface area contributed by atoms with Crippen molar-refractivity contribution in [3.8, 4) is 34.4 Å². The second-order valence-electron chi connectivity index (χ2n) is 6.13. The van der Waals surface area contributed by atoms with Crippen LogP contribution < -0.4 is 5.56 Å². The van der Waals surface area contributed by atoms with E-state index in [9.17, 15) is 20.1 Å². The predicted octanol–water partition coefficient (Wildman–Crippen LogP) is 2.71. The minimum Gasteiger partial charge on any atom is -0.508 e. The monoisotopic (exact) mass is 359 g/mol. The summed E-state index contributed by atoms with van der Waals surface area (Å²) in [6, 6.07) is 13.3. The van der Waals surface area contributed by atoms with Gasteiger partial charge in [0.25, 0.3) is 5.56 Å². The first kappa shape index (κ1) is 16.4. The van der Waals surface area contributed by atoms with Gasteiger partial charge in [0.1, 0.15) is 29.1 Å². The summed E-state index contributed by atoms with van der Waals surface area (Å²) in [4.78, 5) is 18.7. The number of benzene rings is 2. The third kappa shape index (κ3) is 2.69. The Morgan fingerprint density at radius 1 is 1.04 bits per heavy atom. The maximum absolute atomic E-state index is 11.8. The summed E-state index contributed by atoms with van der Waals surface area (Å²) in [5.74, 6) is -0.122. The lowest BCUT2D eigenvalue weighted by Crippen LogP contribution is -2.10. The molecule has 0 saturated heterocycles. The van der Waals surface area contributed by atoms with Crippen LogP contribution >= 0.6 is 0 Å². The molecule has 0 amide bonds. The van der Waals surface area contributed by atoms with Crippen molar-refractivity contribution >= 4 is 11.5 Å². The smallest absolute Gasteiger partial charge is 0.271 e. The van der Waals surface area contributed by atoms with Gasteiger partial charge in [-0.05, 0) is 23.3 Å². The molecule has 2 heterocycles. The highest BCUT2D eigenvalue weighted by Crippen LogP contribution is 2.35. The van der Waals surface area contributed by atoms with Gasteiger partial charge in [0.15, 0.2) is 5.56 Å². The van der Waals surface area contributed by atoms with E-state index in [2.05, 4.69) is 9.98 Å². The van der Waals surface area contributed by atoms with Crippen LogP contribution in [-0.2, 0) is 6.42 Å². The molecule has 7 nitrogen and oxygen atoms in total. The van der Waals surface area contributed by atoms with Crippen molar-refractivity contribution in [2.24, 2.45) is 4.99 Å². The van der Waals surface area contributed by atoms with Crippen LogP contribution in [0.2, 0.25) is 0 Å². The molecule has 4 rings (SSSR count). The highest BCUT2D eigenvalue weighted by atomic mass is 16.3. The van der Waals surface area contributed by atoms with E-state index in [1.807, 2.05) is 12.1 Å². The van der Waals surface area contributed by atoms with Gasteiger partial charge >= 0.3 is 0 Å². The van der Waals surface area contributed by atoms with Crippen molar-refractivity contribution in [2.75, 3.05) is 0 Å². The number of aliphatic imine (C=N–C) groups is 1. The summed E-state index contributed by atoms with van der Waals surface area (Å²) < 4.78 is 0. The molecule has 0 unspecified atom stereocenters. The Kier molecular flexibility index (Phi) is 3.67. The molecular weight excluding hydrogens is 346 g/mol. The molecule has 3 aromatic rings. The van der Waals surface area contributed by atoms with Gasteiger partial charge in [-0.3, -0.25) is 4.79 Å². The van der Waals surface area contributed by atoms with Crippen LogP contribution in [0.4, 0.5) is 5.82 Å². The van der Waals surface area contributed by atoms with Crippen LogP contribution in [0.25, 0.3) is 11.1 Å². The Hall–Kier alpha value is -4.05. The molecule has 132 valence electrons. The SMILES string of the molecule is N#Cc1c(O)c2c([nH]c1=O)N=C(c1ccc(-c3ccc(O)cc3O)cc1)C2. The van der Waals surface area contributed by atoms with Crippen LogP contribution in [0.1, 0.15) is 16.7 Å². The van der Waals surface area contributed by atoms with Crippen molar-refractivity contribution in [1.82, 2.24) is 4.98 Å². The van der Waals surface area contributed by atoms with Gasteiger partial charge in [-0.25, -0.2) is 4.99 Å². The van der Waals surface area contributed by atoms with E-state index < -0.39 is 5.56 Å². The summed E-state index contributed by atoms with van der Waals surface area (Å²) in [7, 11) is 0. The molecule has 1 aliphatic heterocycles. The molecule has 4 N–H and O–H groups in total. The zero-order chi connectivity index (χ0) is 19.1. The Morgan fingerprint density at radius 2 is 1.74 bits per heavy atom. The molecule has 0 atom stereocenters. The molecule has 7 heteroatoms. The lowest BCUT2D eigenvalue weighted by atomic mass is 9.99. The number of aromatic nitrogens is 1. The normalized spacial score (nSPS) is 12.3. The molecule has 0 aliphatic carbocycles. The standard InChI is InChI=1S/C20H13N3O4/c21-9-15-18(26)14-8-16(22-19(14)23-20(15)27)11-3-1-10(2-4-11)13-6-5-12(24)7-17(13)25/h1-7,24-25H,8H2,(H2,23,26,27). The summed E-state index contributed by atoms with van der Waals surface area (Å²) in [6.45, 7) is 0. The van der Waals surface area contributed by atoms with E-state index in [1.54, 1.807) is 24.3 Å².